The van der Waals surface area contributed by atoms with Crippen molar-refractivity contribution in [3.63, 3.8) is 0 Å². The number of aliphatic hydroxyl groups excluding tert-OH is 1. The van der Waals surface area contributed by atoms with Gasteiger partial charge in [0, 0.05) is 13.0 Å². The SMILES string of the molecule is C=CCCC(=O)NC[C@H](C)O. The molecule has 0 aliphatic rings. The first-order valence-electron chi connectivity index (χ1n) is 3.72. The zero-order valence-electron chi connectivity index (χ0n) is 6.84. The average Bonchev–Trinajstić information content (AvgIpc) is 1.97. The van der Waals surface area contributed by atoms with Crippen LogP contribution in [0.5, 0.6) is 0 Å². The molecule has 1 amide bonds. The minimum atomic E-state index is -0.470. The lowest BCUT2D eigenvalue weighted by Crippen LogP contribution is -2.30. The van der Waals surface area contributed by atoms with E-state index in [-0.39, 0.29) is 5.91 Å². The van der Waals surface area contributed by atoms with Gasteiger partial charge in [-0.1, -0.05) is 6.08 Å². The number of carbonyl (C=O) groups excluding carboxylic acids is 1. The van der Waals surface area contributed by atoms with Gasteiger partial charge in [0.25, 0.3) is 0 Å². The van der Waals surface area contributed by atoms with Crippen molar-refractivity contribution in [2.45, 2.75) is 25.9 Å². The van der Waals surface area contributed by atoms with Gasteiger partial charge in [-0.15, -0.1) is 6.58 Å². The standard InChI is InChI=1S/C8H15NO2/c1-3-4-5-8(11)9-6-7(2)10/h3,7,10H,1,4-6H2,2H3,(H,9,11)/t7-/m0/s1. The largest absolute Gasteiger partial charge is 0.392 e. The fraction of sp³-hybridized carbons (Fsp3) is 0.625. The summed E-state index contributed by atoms with van der Waals surface area (Å²) < 4.78 is 0. The number of nitrogens with one attached hydrogen (secondary N) is 1. The van der Waals surface area contributed by atoms with Gasteiger partial charge in [0.05, 0.1) is 6.10 Å². The Morgan fingerprint density at radius 3 is 2.91 bits per heavy atom. The van der Waals surface area contributed by atoms with Crippen LogP contribution in [-0.2, 0) is 4.79 Å². The van der Waals surface area contributed by atoms with E-state index < -0.39 is 6.10 Å². The fourth-order valence-electron chi connectivity index (χ4n) is 0.583. The van der Waals surface area contributed by atoms with E-state index in [4.69, 9.17) is 5.11 Å². The first-order chi connectivity index (χ1) is 5.16. The predicted molar refractivity (Wildman–Crippen MR) is 44.1 cm³/mol. The van der Waals surface area contributed by atoms with Gasteiger partial charge in [0.2, 0.25) is 5.91 Å². The molecule has 0 aliphatic carbocycles. The highest BCUT2D eigenvalue weighted by Gasteiger charge is 2.00. The van der Waals surface area contributed by atoms with Gasteiger partial charge in [-0.05, 0) is 13.3 Å². The van der Waals surface area contributed by atoms with Gasteiger partial charge < -0.3 is 10.4 Å². The highest BCUT2D eigenvalue weighted by molar-refractivity contribution is 5.75. The van der Waals surface area contributed by atoms with Gasteiger partial charge in [0.1, 0.15) is 0 Å². The maximum absolute atomic E-state index is 10.8. The summed E-state index contributed by atoms with van der Waals surface area (Å²) in [5.41, 5.74) is 0. The summed E-state index contributed by atoms with van der Waals surface area (Å²) in [4.78, 5) is 10.8. The monoisotopic (exact) mass is 157 g/mol. The zero-order chi connectivity index (χ0) is 8.69. The molecule has 0 saturated heterocycles. The van der Waals surface area contributed by atoms with Crippen LogP contribution in [0.15, 0.2) is 12.7 Å². The Balaban J connectivity index is 3.29. The minimum Gasteiger partial charge on any atom is -0.392 e. The lowest BCUT2D eigenvalue weighted by Gasteiger charge is -2.05. The van der Waals surface area contributed by atoms with Crippen LogP contribution in [0.3, 0.4) is 0 Å². The molecular formula is C8H15NO2. The molecule has 0 spiro atoms. The highest BCUT2D eigenvalue weighted by atomic mass is 16.3. The molecular weight excluding hydrogens is 142 g/mol. The van der Waals surface area contributed by atoms with Crippen LogP contribution in [0.1, 0.15) is 19.8 Å². The number of hydrogen-bond donors (Lipinski definition) is 2. The number of carbonyl (C=O) groups is 1. The summed E-state index contributed by atoms with van der Waals surface area (Å²) in [5.74, 6) is -0.0363. The van der Waals surface area contributed by atoms with Crippen LogP contribution < -0.4 is 5.32 Å². The summed E-state index contributed by atoms with van der Waals surface area (Å²) in [6.07, 6.45) is 2.37. The molecule has 0 aromatic heterocycles. The predicted octanol–water partition coefficient (Wildman–Crippen LogP) is 0.450. The summed E-state index contributed by atoms with van der Waals surface area (Å²) in [6, 6.07) is 0. The maximum Gasteiger partial charge on any atom is 0.220 e. The second kappa shape index (κ2) is 5.92. The van der Waals surface area contributed by atoms with Crippen molar-refractivity contribution in [1.82, 2.24) is 5.32 Å². The molecule has 3 nitrogen and oxygen atoms in total. The molecule has 11 heavy (non-hydrogen) atoms. The van der Waals surface area contributed by atoms with E-state index in [1.54, 1.807) is 13.0 Å². The van der Waals surface area contributed by atoms with E-state index in [2.05, 4.69) is 11.9 Å². The van der Waals surface area contributed by atoms with Gasteiger partial charge in [0.15, 0.2) is 0 Å². The Kier molecular flexibility index (Phi) is 5.47. The van der Waals surface area contributed by atoms with E-state index in [9.17, 15) is 4.79 Å². The molecule has 0 saturated carbocycles. The Bertz CT molecular complexity index is 132. The summed E-state index contributed by atoms with van der Waals surface area (Å²) >= 11 is 0. The second-order valence-corrected chi connectivity index (χ2v) is 2.48. The van der Waals surface area contributed by atoms with E-state index in [1.807, 2.05) is 0 Å². The number of rotatable bonds is 5. The summed E-state index contributed by atoms with van der Waals surface area (Å²) in [5, 5.41) is 11.4. The molecule has 0 unspecified atom stereocenters. The van der Waals surface area contributed by atoms with Crippen LogP contribution in [0.25, 0.3) is 0 Å². The Morgan fingerprint density at radius 1 is 1.82 bits per heavy atom. The Morgan fingerprint density at radius 2 is 2.45 bits per heavy atom. The molecule has 0 fully saturated rings. The lowest BCUT2D eigenvalue weighted by molar-refractivity contribution is -0.121. The molecule has 0 bridgehead atoms. The van der Waals surface area contributed by atoms with Crippen molar-refractivity contribution in [3.05, 3.63) is 12.7 Å². The normalized spacial score (nSPS) is 12.2. The van der Waals surface area contributed by atoms with Crippen molar-refractivity contribution in [1.29, 1.82) is 0 Å². The first kappa shape index (κ1) is 10.2. The average molecular weight is 157 g/mol. The minimum absolute atomic E-state index is 0.0363. The number of amides is 1. The quantitative estimate of drug-likeness (QED) is 0.569. The molecule has 0 radical (unpaired) electrons. The van der Waals surface area contributed by atoms with Gasteiger partial charge in [-0.2, -0.15) is 0 Å². The van der Waals surface area contributed by atoms with Crippen LogP contribution in [-0.4, -0.2) is 23.7 Å². The second-order valence-electron chi connectivity index (χ2n) is 2.48. The van der Waals surface area contributed by atoms with Crippen molar-refractivity contribution in [2.24, 2.45) is 0 Å². The third kappa shape index (κ3) is 7.06. The van der Waals surface area contributed by atoms with Crippen LogP contribution in [0, 0.1) is 0 Å². The molecule has 2 N–H and O–H groups in total. The number of aliphatic hydroxyl groups is 1. The van der Waals surface area contributed by atoms with Crippen LogP contribution in [0.4, 0.5) is 0 Å². The van der Waals surface area contributed by atoms with Crippen molar-refractivity contribution < 1.29 is 9.90 Å². The molecule has 0 aromatic carbocycles. The molecule has 1 atom stereocenters. The third-order valence-corrected chi connectivity index (χ3v) is 1.17. The Hall–Kier alpha value is -0.830. The lowest BCUT2D eigenvalue weighted by atomic mass is 10.3. The number of hydrogen-bond acceptors (Lipinski definition) is 2. The first-order valence-corrected chi connectivity index (χ1v) is 3.72. The van der Waals surface area contributed by atoms with Crippen molar-refractivity contribution >= 4 is 5.91 Å². The van der Waals surface area contributed by atoms with Crippen molar-refractivity contribution in [3.8, 4) is 0 Å². The van der Waals surface area contributed by atoms with E-state index >= 15 is 0 Å². The van der Waals surface area contributed by atoms with E-state index in [0.29, 0.717) is 19.4 Å². The molecule has 0 aromatic rings. The molecule has 0 heterocycles. The van der Waals surface area contributed by atoms with Crippen LogP contribution >= 0.6 is 0 Å². The van der Waals surface area contributed by atoms with E-state index in [0.717, 1.165) is 0 Å². The summed E-state index contributed by atoms with van der Waals surface area (Å²) in [6.45, 7) is 5.46. The molecule has 64 valence electrons. The smallest absolute Gasteiger partial charge is 0.220 e. The van der Waals surface area contributed by atoms with E-state index in [1.165, 1.54) is 0 Å². The van der Waals surface area contributed by atoms with Crippen molar-refractivity contribution in [2.75, 3.05) is 6.54 Å². The fourth-order valence-corrected chi connectivity index (χ4v) is 0.583. The molecule has 3 heteroatoms. The van der Waals surface area contributed by atoms with Gasteiger partial charge >= 0.3 is 0 Å². The maximum atomic E-state index is 10.8. The zero-order valence-corrected chi connectivity index (χ0v) is 6.84. The molecule has 0 rings (SSSR count). The Labute approximate surface area is 67.1 Å². The third-order valence-electron chi connectivity index (χ3n) is 1.17. The van der Waals surface area contributed by atoms with Gasteiger partial charge in [-0.25, -0.2) is 0 Å². The highest BCUT2D eigenvalue weighted by Crippen LogP contribution is 1.88. The number of allylic oxidation sites excluding steroid dienone is 1. The van der Waals surface area contributed by atoms with Crippen LogP contribution in [0.2, 0.25) is 0 Å². The topological polar surface area (TPSA) is 49.3 Å². The summed E-state index contributed by atoms with van der Waals surface area (Å²) in [7, 11) is 0. The van der Waals surface area contributed by atoms with Gasteiger partial charge in [-0.3, -0.25) is 4.79 Å². The molecule has 0 aliphatic heterocycles.